The Morgan fingerprint density at radius 2 is 1.07 bits per heavy atom. The summed E-state index contributed by atoms with van der Waals surface area (Å²) in [6.45, 7) is 3.68. The van der Waals surface area contributed by atoms with E-state index in [1.807, 2.05) is 74.5 Å². The van der Waals surface area contributed by atoms with Crippen molar-refractivity contribution in [3.63, 3.8) is 0 Å². The zero-order valence-corrected chi connectivity index (χ0v) is 15.2. The SMILES string of the molecule is CC1=NN(c2ccccc2)C(=O)[C@@H]1C[C@H]1C(=O)N(c2ccccc2)N=C1C. The van der Waals surface area contributed by atoms with Gasteiger partial charge in [0.05, 0.1) is 23.2 Å². The molecular weight excluding hydrogens is 340 g/mol. The molecule has 2 aliphatic rings. The first-order chi connectivity index (χ1) is 13.1. The van der Waals surface area contributed by atoms with Gasteiger partial charge >= 0.3 is 0 Å². The van der Waals surface area contributed by atoms with E-state index in [0.29, 0.717) is 6.42 Å². The molecule has 2 aromatic carbocycles. The second-order valence-electron chi connectivity index (χ2n) is 6.79. The number of carbonyl (C=O) groups is 2. The second kappa shape index (κ2) is 6.79. The largest absolute Gasteiger partial charge is 0.272 e. The van der Waals surface area contributed by atoms with E-state index in [0.717, 1.165) is 22.8 Å². The molecule has 2 atom stereocenters. The van der Waals surface area contributed by atoms with E-state index in [1.165, 1.54) is 10.0 Å². The van der Waals surface area contributed by atoms with Crippen LogP contribution in [0.4, 0.5) is 11.4 Å². The maximum absolute atomic E-state index is 12.9. The van der Waals surface area contributed by atoms with E-state index < -0.39 is 11.8 Å². The van der Waals surface area contributed by atoms with E-state index in [4.69, 9.17) is 0 Å². The summed E-state index contributed by atoms with van der Waals surface area (Å²) in [6.07, 6.45) is 0.384. The van der Waals surface area contributed by atoms with E-state index in [1.54, 1.807) is 0 Å². The molecule has 0 saturated heterocycles. The molecule has 4 rings (SSSR count). The molecule has 6 nitrogen and oxygen atoms in total. The van der Waals surface area contributed by atoms with Crippen molar-refractivity contribution in [3.8, 4) is 0 Å². The van der Waals surface area contributed by atoms with Crippen molar-refractivity contribution in [3.05, 3.63) is 60.7 Å². The van der Waals surface area contributed by atoms with E-state index in [-0.39, 0.29) is 11.8 Å². The summed E-state index contributed by atoms with van der Waals surface area (Å²) >= 11 is 0. The molecule has 0 radical (unpaired) electrons. The Labute approximate surface area is 157 Å². The lowest BCUT2D eigenvalue weighted by atomic mass is 9.88. The quantitative estimate of drug-likeness (QED) is 0.838. The van der Waals surface area contributed by atoms with Crippen molar-refractivity contribution in [1.29, 1.82) is 0 Å². The highest BCUT2D eigenvalue weighted by molar-refractivity contribution is 6.18. The lowest BCUT2D eigenvalue weighted by Gasteiger charge is -2.18. The number of hydrazone groups is 2. The molecule has 0 saturated carbocycles. The van der Waals surface area contributed by atoms with Gasteiger partial charge in [0.2, 0.25) is 0 Å². The van der Waals surface area contributed by atoms with Crippen LogP contribution in [0.15, 0.2) is 70.9 Å². The van der Waals surface area contributed by atoms with Crippen molar-refractivity contribution in [1.82, 2.24) is 0 Å². The third kappa shape index (κ3) is 3.03. The van der Waals surface area contributed by atoms with E-state index in [9.17, 15) is 9.59 Å². The van der Waals surface area contributed by atoms with Gasteiger partial charge in [-0.05, 0) is 44.5 Å². The highest BCUT2D eigenvalue weighted by atomic mass is 16.2. The number of hydrogen-bond acceptors (Lipinski definition) is 4. The van der Waals surface area contributed by atoms with Gasteiger partial charge in [0.1, 0.15) is 0 Å². The molecule has 0 N–H and O–H groups in total. The average molecular weight is 360 g/mol. The first-order valence-corrected chi connectivity index (χ1v) is 8.94. The Bertz CT molecular complexity index is 860. The lowest BCUT2D eigenvalue weighted by molar-refractivity contribution is -0.121. The summed E-state index contributed by atoms with van der Waals surface area (Å²) in [6, 6.07) is 18.7. The van der Waals surface area contributed by atoms with Crippen molar-refractivity contribution < 1.29 is 9.59 Å². The van der Waals surface area contributed by atoms with Crippen LogP contribution in [0.3, 0.4) is 0 Å². The van der Waals surface area contributed by atoms with Crippen LogP contribution in [0.25, 0.3) is 0 Å². The normalized spacial score (nSPS) is 22.3. The summed E-state index contributed by atoms with van der Waals surface area (Å²) in [4.78, 5) is 25.8. The van der Waals surface area contributed by atoms with Gasteiger partial charge in [-0.3, -0.25) is 9.59 Å². The smallest absolute Gasteiger partial charge is 0.256 e. The van der Waals surface area contributed by atoms with Crippen molar-refractivity contribution in [2.75, 3.05) is 10.0 Å². The summed E-state index contributed by atoms with van der Waals surface area (Å²) in [5.41, 5.74) is 2.92. The number of rotatable bonds is 4. The maximum Gasteiger partial charge on any atom is 0.256 e. The van der Waals surface area contributed by atoms with E-state index >= 15 is 0 Å². The molecule has 0 bridgehead atoms. The molecular formula is C21H20N4O2. The standard InChI is InChI=1S/C21H20N4O2/c1-14-18(20(26)24(22-14)16-9-5-3-6-10-16)13-19-15(2)23-25(21(19)27)17-11-7-4-8-12-17/h3-12,18-19H,13H2,1-2H3/t18-,19-/m1/s1. The fraction of sp³-hybridized carbons (Fsp3) is 0.238. The number of anilines is 2. The van der Waals surface area contributed by atoms with Gasteiger partial charge in [-0.25, -0.2) is 10.0 Å². The highest BCUT2D eigenvalue weighted by Crippen LogP contribution is 2.32. The molecule has 2 aromatic rings. The van der Waals surface area contributed by atoms with Gasteiger partial charge in [0.25, 0.3) is 11.8 Å². The summed E-state index contributed by atoms with van der Waals surface area (Å²) in [5, 5.41) is 11.7. The van der Waals surface area contributed by atoms with Gasteiger partial charge in [-0.2, -0.15) is 10.2 Å². The van der Waals surface area contributed by atoms with Crippen LogP contribution in [0.1, 0.15) is 20.3 Å². The number of carbonyl (C=O) groups excluding carboxylic acids is 2. The van der Waals surface area contributed by atoms with Gasteiger partial charge in [0.15, 0.2) is 0 Å². The first-order valence-electron chi connectivity index (χ1n) is 8.94. The topological polar surface area (TPSA) is 65.3 Å². The van der Waals surface area contributed by atoms with Gasteiger partial charge in [-0.15, -0.1) is 0 Å². The van der Waals surface area contributed by atoms with Crippen molar-refractivity contribution >= 4 is 34.6 Å². The minimum Gasteiger partial charge on any atom is -0.272 e. The van der Waals surface area contributed by atoms with Crippen molar-refractivity contribution in [2.24, 2.45) is 22.0 Å². The maximum atomic E-state index is 12.9. The molecule has 0 fully saturated rings. The van der Waals surface area contributed by atoms with Crippen LogP contribution in [0.5, 0.6) is 0 Å². The van der Waals surface area contributed by atoms with Crippen LogP contribution in [0.2, 0.25) is 0 Å². The summed E-state index contributed by atoms with van der Waals surface area (Å²) in [7, 11) is 0. The Morgan fingerprint density at radius 3 is 1.44 bits per heavy atom. The molecule has 2 heterocycles. The fourth-order valence-corrected chi connectivity index (χ4v) is 3.49. The highest BCUT2D eigenvalue weighted by Gasteiger charge is 2.42. The average Bonchev–Trinajstić information content (AvgIpc) is 3.14. The molecule has 0 aromatic heterocycles. The van der Waals surface area contributed by atoms with Gasteiger partial charge in [-0.1, -0.05) is 36.4 Å². The fourth-order valence-electron chi connectivity index (χ4n) is 3.49. The zero-order valence-electron chi connectivity index (χ0n) is 15.2. The number of nitrogens with zero attached hydrogens (tertiary/aromatic N) is 4. The molecule has 2 aliphatic heterocycles. The Balaban J connectivity index is 1.53. The molecule has 0 spiro atoms. The molecule has 136 valence electrons. The summed E-state index contributed by atoms with van der Waals surface area (Å²) in [5.74, 6) is -1.03. The molecule has 2 amide bonds. The van der Waals surface area contributed by atoms with Gasteiger partial charge in [0, 0.05) is 11.4 Å². The molecule has 27 heavy (non-hydrogen) atoms. The Morgan fingerprint density at radius 1 is 0.704 bits per heavy atom. The third-order valence-electron chi connectivity index (χ3n) is 5.01. The molecule has 6 heteroatoms. The number of hydrogen-bond donors (Lipinski definition) is 0. The minimum absolute atomic E-state index is 0.0996. The van der Waals surface area contributed by atoms with Crippen LogP contribution in [-0.2, 0) is 9.59 Å². The van der Waals surface area contributed by atoms with Crippen molar-refractivity contribution in [2.45, 2.75) is 20.3 Å². The van der Waals surface area contributed by atoms with Crippen LogP contribution < -0.4 is 10.0 Å². The monoisotopic (exact) mass is 360 g/mol. The van der Waals surface area contributed by atoms with Crippen LogP contribution in [-0.4, -0.2) is 23.2 Å². The van der Waals surface area contributed by atoms with Crippen LogP contribution in [0, 0.1) is 11.8 Å². The second-order valence-corrected chi connectivity index (χ2v) is 6.79. The van der Waals surface area contributed by atoms with E-state index in [2.05, 4.69) is 10.2 Å². The zero-order chi connectivity index (χ0) is 19.0. The summed E-state index contributed by atoms with van der Waals surface area (Å²) < 4.78 is 0. The predicted molar refractivity (Wildman–Crippen MR) is 106 cm³/mol. The molecule has 0 aliphatic carbocycles. The third-order valence-corrected chi connectivity index (χ3v) is 5.01. The van der Waals surface area contributed by atoms with Gasteiger partial charge < -0.3 is 0 Å². The number of amides is 2. The minimum atomic E-state index is -0.417. The molecule has 0 unspecified atom stereocenters. The first kappa shape index (κ1) is 17.1. The number of benzene rings is 2. The number of para-hydroxylation sites is 2. The Kier molecular flexibility index (Phi) is 4.32. The lowest BCUT2D eigenvalue weighted by Crippen LogP contribution is -2.33. The van der Waals surface area contributed by atoms with Crippen LogP contribution >= 0.6 is 0 Å². The Hall–Kier alpha value is -3.28. The predicted octanol–water partition coefficient (Wildman–Crippen LogP) is 3.45.